The van der Waals surface area contributed by atoms with Crippen molar-refractivity contribution >= 4 is 5.97 Å². The van der Waals surface area contributed by atoms with E-state index in [1.165, 1.54) is 7.11 Å². The summed E-state index contributed by atoms with van der Waals surface area (Å²) in [7, 11) is 1.41. The Hall–Kier alpha value is -1.63. The number of carbonyl (C=O) groups is 1. The molecule has 1 aromatic heterocycles. The topological polar surface area (TPSA) is 72.3 Å². The minimum atomic E-state index is -2.96. The molecular weight excluding hydrogens is 234 g/mol. The molecule has 0 aromatic carbocycles. The molecule has 0 aliphatic heterocycles. The van der Waals surface area contributed by atoms with Gasteiger partial charge in [0.05, 0.1) is 0 Å². The molecule has 1 rings (SSSR count). The fourth-order valence-corrected chi connectivity index (χ4v) is 1.35. The molecule has 1 N–H and O–H groups in total. The number of methoxy groups -OCH3 is 1. The molecule has 0 aliphatic rings. The molecule has 0 fully saturated rings. The first-order chi connectivity index (χ1) is 8.01. The summed E-state index contributed by atoms with van der Waals surface area (Å²) in [5.74, 6) is -1.41. The minimum Gasteiger partial charge on any atom is -0.478 e. The van der Waals surface area contributed by atoms with Crippen molar-refractivity contribution in [1.29, 1.82) is 0 Å². The molecule has 0 saturated heterocycles. The number of carboxylic acid groups (broad SMARTS) is 1. The number of hydrogen-bond acceptors (Lipinski definition) is 4. The number of ether oxygens (including phenoxy) is 1. The summed E-state index contributed by atoms with van der Waals surface area (Å²) in [5.41, 5.74) is -1.37. The Morgan fingerprint density at radius 2 is 2.24 bits per heavy atom. The van der Waals surface area contributed by atoms with Gasteiger partial charge in [0.15, 0.2) is 5.82 Å². The second kappa shape index (κ2) is 5.62. The number of aromatic carboxylic acids is 1. The van der Waals surface area contributed by atoms with Crippen LogP contribution in [-0.4, -0.2) is 28.2 Å². The van der Waals surface area contributed by atoms with Crippen molar-refractivity contribution in [2.75, 3.05) is 7.11 Å². The van der Waals surface area contributed by atoms with Gasteiger partial charge < -0.3 is 9.84 Å². The van der Waals surface area contributed by atoms with Gasteiger partial charge in [-0.2, -0.15) is 0 Å². The van der Waals surface area contributed by atoms with E-state index in [9.17, 15) is 13.6 Å². The van der Waals surface area contributed by atoms with Gasteiger partial charge in [0.2, 0.25) is 0 Å². The lowest BCUT2D eigenvalue weighted by molar-refractivity contribution is 0.0676. The van der Waals surface area contributed by atoms with Crippen molar-refractivity contribution in [3.63, 3.8) is 0 Å². The third kappa shape index (κ3) is 2.94. The van der Waals surface area contributed by atoms with Crippen molar-refractivity contribution in [1.82, 2.24) is 9.97 Å². The standard InChI is InChI=1S/C10H12F2N2O3/c1-3-6(17-2)9-13-4-5(10(15)16)7(14-9)8(11)12/h4,6,8H,3H2,1-2H3,(H,15,16). The van der Waals surface area contributed by atoms with E-state index < -0.39 is 29.8 Å². The summed E-state index contributed by atoms with van der Waals surface area (Å²) >= 11 is 0. The van der Waals surface area contributed by atoms with Crippen LogP contribution in [0.5, 0.6) is 0 Å². The number of nitrogens with zero attached hydrogens (tertiary/aromatic N) is 2. The maximum atomic E-state index is 12.6. The van der Waals surface area contributed by atoms with Gasteiger partial charge >= 0.3 is 5.97 Å². The molecule has 0 amide bonds. The van der Waals surface area contributed by atoms with E-state index in [0.717, 1.165) is 6.20 Å². The highest BCUT2D eigenvalue weighted by molar-refractivity contribution is 5.88. The molecule has 0 radical (unpaired) electrons. The largest absolute Gasteiger partial charge is 0.478 e. The predicted molar refractivity (Wildman–Crippen MR) is 54.0 cm³/mol. The Kier molecular flexibility index (Phi) is 4.45. The molecule has 1 atom stereocenters. The normalized spacial score (nSPS) is 12.8. The Morgan fingerprint density at radius 3 is 2.65 bits per heavy atom. The first-order valence-electron chi connectivity index (χ1n) is 4.92. The average Bonchev–Trinajstić information content (AvgIpc) is 2.30. The van der Waals surface area contributed by atoms with Gasteiger partial charge in [-0.25, -0.2) is 23.5 Å². The van der Waals surface area contributed by atoms with Crippen LogP contribution in [0.15, 0.2) is 6.20 Å². The maximum absolute atomic E-state index is 12.6. The number of halogens is 2. The Balaban J connectivity index is 3.22. The van der Waals surface area contributed by atoms with Crippen molar-refractivity contribution in [3.05, 3.63) is 23.3 Å². The van der Waals surface area contributed by atoms with Crippen LogP contribution in [0.4, 0.5) is 8.78 Å². The zero-order chi connectivity index (χ0) is 13.0. The van der Waals surface area contributed by atoms with Gasteiger partial charge in [-0.1, -0.05) is 6.92 Å². The van der Waals surface area contributed by atoms with E-state index in [2.05, 4.69) is 9.97 Å². The van der Waals surface area contributed by atoms with Gasteiger partial charge in [-0.15, -0.1) is 0 Å². The third-order valence-electron chi connectivity index (χ3n) is 2.22. The van der Waals surface area contributed by atoms with Crippen molar-refractivity contribution in [3.8, 4) is 0 Å². The Morgan fingerprint density at radius 1 is 1.59 bits per heavy atom. The molecule has 94 valence electrons. The fourth-order valence-electron chi connectivity index (χ4n) is 1.35. The number of rotatable bonds is 5. The molecule has 0 aliphatic carbocycles. The van der Waals surface area contributed by atoms with E-state index in [0.29, 0.717) is 6.42 Å². The lowest BCUT2D eigenvalue weighted by Crippen LogP contribution is -2.12. The molecule has 1 aromatic rings. The van der Waals surface area contributed by atoms with E-state index >= 15 is 0 Å². The molecule has 0 spiro atoms. The lowest BCUT2D eigenvalue weighted by atomic mass is 10.2. The molecule has 5 nitrogen and oxygen atoms in total. The zero-order valence-corrected chi connectivity index (χ0v) is 9.35. The number of alkyl halides is 2. The van der Waals surface area contributed by atoms with Crippen LogP contribution in [0, 0.1) is 0 Å². The summed E-state index contributed by atoms with van der Waals surface area (Å²) in [6.07, 6.45) is -2.09. The molecule has 17 heavy (non-hydrogen) atoms. The van der Waals surface area contributed by atoms with Crippen LogP contribution in [0.1, 0.15) is 47.8 Å². The first kappa shape index (κ1) is 13.4. The summed E-state index contributed by atoms with van der Waals surface area (Å²) in [4.78, 5) is 18.0. The molecule has 0 bridgehead atoms. The molecule has 1 heterocycles. The highest BCUT2D eigenvalue weighted by atomic mass is 19.3. The van der Waals surface area contributed by atoms with Crippen molar-refractivity contribution in [2.45, 2.75) is 25.9 Å². The van der Waals surface area contributed by atoms with Crippen LogP contribution in [0.25, 0.3) is 0 Å². The summed E-state index contributed by atoms with van der Waals surface area (Å²) < 4.78 is 30.3. The Labute approximate surface area is 96.5 Å². The number of carboxylic acids is 1. The van der Waals surface area contributed by atoms with Gasteiger partial charge in [0.25, 0.3) is 6.43 Å². The molecule has 7 heteroatoms. The summed E-state index contributed by atoms with van der Waals surface area (Å²) in [6.45, 7) is 1.78. The van der Waals surface area contributed by atoms with Gasteiger partial charge in [-0.3, -0.25) is 0 Å². The zero-order valence-electron chi connectivity index (χ0n) is 9.35. The third-order valence-corrected chi connectivity index (χ3v) is 2.22. The lowest BCUT2D eigenvalue weighted by Gasteiger charge is -2.13. The fraction of sp³-hybridized carbons (Fsp3) is 0.500. The second-order valence-corrected chi connectivity index (χ2v) is 3.27. The SMILES string of the molecule is CCC(OC)c1ncc(C(=O)O)c(C(F)F)n1. The van der Waals surface area contributed by atoms with Crippen LogP contribution < -0.4 is 0 Å². The van der Waals surface area contributed by atoms with Gasteiger partial charge in [0, 0.05) is 13.3 Å². The smallest absolute Gasteiger partial charge is 0.339 e. The van der Waals surface area contributed by atoms with Crippen LogP contribution in [0.2, 0.25) is 0 Å². The van der Waals surface area contributed by atoms with E-state index in [1.807, 2.05) is 0 Å². The first-order valence-corrected chi connectivity index (χ1v) is 4.92. The second-order valence-electron chi connectivity index (χ2n) is 3.27. The Bertz CT molecular complexity index is 409. The molecule has 0 saturated carbocycles. The minimum absolute atomic E-state index is 0.0651. The highest BCUT2D eigenvalue weighted by Gasteiger charge is 2.23. The monoisotopic (exact) mass is 246 g/mol. The van der Waals surface area contributed by atoms with Gasteiger partial charge in [-0.05, 0) is 6.42 Å². The predicted octanol–water partition coefficient (Wildman–Crippen LogP) is 2.21. The van der Waals surface area contributed by atoms with Gasteiger partial charge in [0.1, 0.15) is 17.4 Å². The summed E-state index contributed by atoms with van der Waals surface area (Å²) in [5, 5.41) is 8.71. The van der Waals surface area contributed by atoms with Crippen LogP contribution >= 0.6 is 0 Å². The van der Waals surface area contributed by atoms with E-state index in [1.54, 1.807) is 6.92 Å². The molecular formula is C10H12F2N2O3. The van der Waals surface area contributed by atoms with Crippen molar-refractivity contribution in [2.24, 2.45) is 0 Å². The molecule has 1 unspecified atom stereocenters. The van der Waals surface area contributed by atoms with E-state index in [-0.39, 0.29) is 5.82 Å². The number of hydrogen-bond donors (Lipinski definition) is 1. The van der Waals surface area contributed by atoms with Crippen molar-refractivity contribution < 1.29 is 23.4 Å². The number of aromatic nitrogens is 2. The van der Waals surface area contributed by atoms with Crippen LogP contribution in [-0.2, 0) is 4.74 Å². The highest BCUT2D eigenvalue weighted by Crippen LogP contribution is 2.23. The van der Waals surface area contributed by atoms with E-state index in [4.69, 9.17) is 9.84 Å². The quantitative estimate of drug-likeness (QED) is 0.862. The maximum Gasteiger partial charge on any atom is 0.339 e. The average molecular weight is 246 g/mol. The van der Waals surface area contributed by atoms with Crippen LogP contribution in [0.3, 0.4) is 0 Å². The summed E-state index contributed by atoms with van der Waals surface area (Å²) in [6, 6.07) is 0.